The second-order valence-corrected chi connectivity index (χ2v) is 2.35. The van der Waals surface area contributed by atoms with Crippen LogP contribution in [0.1, 0.15) is 13.3 Å². The van der Waals surface area contributed by atoms with Gasteiger partial charge in [0.1, 0.15) is 5.78 Å². The average Bonchev–Trinajstić information content (AvgIpc) is 1.63. The summed E-state index contributed by atoms with van der Waals surface area (Å²) in [7, 11) is 0. The molecule has 1 N–H and O–H groups in total. The van der Waals surface area contributed by atoms with E-state index in [1.165, 1.54) is 6.92 Å². The molecule has 0 aromatic heterocycles. The first-order valence-corrected chi connectivity index (χ1v) is 2.96. The summed E-state index contributed by atoms with van der Waals surface area (Å²) < 4.78 is 0. The molecule has 0 aliphatic heterocycles. The SMILES string of the molecule is CC(=O)C(S)CC(=O)O. The van der Waals surface area contributed by atoms with Crippen LogP contribution >= 0.6 is 12.6 Å². The summed E-state index contributed by atoms with van der Waals surface area (Å²) in [5.74, 6) is -1.20. The molecule has 0 saturated carbocycles. The van der Waals surface area contributed by atoms with Crippen molar-refractivity contribution in [3.63, 3.8) is 0 Å². The largest absolute Gasteiger partial charge is 0.481 e. The van der Waals surface area contributed by atoms with E-state index < -0.39 is 11.2 Å². The number of rotatable bonds is 3. The fourth-order valence-corrected chi connectivity index (χ4v) is 0.465. The van der Waals surface area contributed by atoms with Crippen LogP contribution in [0.3, 0.4) is 0 Å². The average molecular weight is 148 g/mol. The van der Waals surface area contributed by atoms with E-state index in [0.717, 1.165) is 0 Å². The first-order valence-electron chi connectivity index (χ1n) is 2.44. The van der Waals surface area contributed by atoms with Crippen LogP contribution in [0.25, 0.3) is 0 Å². The third-order valence-corrected chi connectivity index (χ3v) is 1.38. The summed E-state index contributed by atoms with van der Waals surface area (Å²) in [6.07, 6.45) is -0.196. The van der Waals surface area contributed by atoms with E-state index in [1.54, 1.807) is 0 Å². The highest BCUT2D eigenvalue weighted by atomic mass is 32.1. The zero-order valence-corrected chi connectivity index (χ0v) is 5.89. The molecule has 4 heteroatoms. The minimum atomic E-state index is -0.995. The molecular weight excluding hydrogens is 140 g/mol. The Morgan fingerprint density at radius 1 is 1.67 bits per heavy atom. The third kappa shape index (κ3) is 4.02. The molecule has 0 aromatic rings. The predicted octanol–water partition coefficient (Wildman–Crippen LogP) is 0.348. The molecular formula is C5H8O3S. The van der Waals surface area contributed by atoms with Crippen LogP contribution < -0.4 is 0 Å². The fourth-order valence-electron chi connectivity index (χ4n) is 0.309. The number of aliphatic carboxylic acids is 1. The number of ketones is 1. The Morgan fingerprint density at radius 2 is 2.11 bits per heavy atom. The summed E-state index contributed by atoms with van der Waals surface area (Å²) in [6, 6.07) is 0. The molecule has 0 aromatic carbocycles. The number of Topliss-reactive ketones (excluding diaryl/α,β-unsaturated/α-hetero) is 1. The molecule has 0 rings (SSSR count). The van der Waals surface area contributed by atoms with Gasteiger partial charge in [-0.3, -0.25) is 9.59 Å². The van der Waals surface area contributed by atoms with Crippen molar-refractivity contribution in [3.05, 3.63) is 0 Å². The molecule has 0 fully saturated rings. The monoisotopic (exact) mass is 148 g/mol. The van der Waals surface area contributed by atoms with Gasteiger partial charge in [0.15, 0.2) is 0 Å². The van der Waals surface area contributed by atoms with Crippen LogP contribution in [0, 0.1) is 0 Å². The highest BCUT2D eigenvalue weighted by molar-refractivity contribution is 7.81. The van der Waals surface area contributed by atoms with Crippen LogP contribution in [0.15, 0.2) is 0 Å². The maximum absolute atomic E-state index is 10.3. The van der Waals surface area contributed by atoms with Gasteiger partial charge in [0.25, 0.3) is 0 Å². The van der Waals surface area contributed by atoms with Crippen molar-refractivity contribution < 1.29 is 14.7 Å². The van der Waals surface area contributed by atoms with Crippen molar-refractivity contribution in [2.45, 2.75) is 18.6 Å². The molecule has 0 bridgehead atoms. The quantitative estimate of drug-likeness (QED) is 0.568. The highest BCUT2D eigenvalue weighted by Crippen LogP contribution is 2.01. The lowest BCUT2D eigenvalue weighted by Gasteiger charge is -1.99. The number of carbonyl (C=O) groups is 2. The number of thiol groups is 1. The van der Waals surface area contributed by atoms with Gasteiger partial charge >= 0.3 is 5.97 Å². The minimum Gasteiger partial charge on any atom is -0.481 e. The van der Waals surface area contributed by atoms with Gasteiger partial charge in [-0.15, -0.1) is 0 Å². The van der Waals surface area contributed by atoms with Gasteiger partial charge in [-0.1, -0.05) is 0 Å². The lowest BCUT2D eigenvalue weighted by atomic mass is 10.2. The lowest BCUT2D eigenvalue weighted by Crippen LogP contribution is -2.14. The Morgan fingerprint density at radius 3 is 2.22 bits per heavy atom. The minimum absolute atomic E-state index is 0.196. The molecule has 0 spiro atoms. The van der Waals surface area contributed by atoms with E-state index in [4.69, 9.17) is 5.11 Å². The number of carbonyl (C=O) groups excluding carboxylic acids is 1. The van der Waals surface area contributed by atoms with Crippen molar-refractivity contribution in [1.82, 2.24) is 0 Å². The van der Waals surface area contributed by atoms with Crippen LogP contribution in [-0.2, 0) is 9.59 Å². The smallest absolute Gasteiger partial charge is 0.304 e. The number of carboxylic acid groups (broad SMARTS) is 1. The zero-order valence-electron chi connectivity index (χ0n) is 5.00. The maximum atomic E-state index is 10.3. The zero-order chi connectivity index (χ0) is 7.44. The first-order chi connectivity index (χ1) is 4.04. The van der Waals surface area contributed by atoms with E-state index in [1.807, 2.05) is 0 Å². The Hall–Kier alpha value is -0.510. The van der Waals surface area contributed by atoms with E-state index in [9.17, 15) is 9.59 Å². The topological polar surface area (TPSA) is 54.4 Å². The lowest BCUT2D eigenvalue weighted by molar-refractivity contribution is -0.138. The number of hydrogen-bond acceptors (Lipinski definition) is 3. The molecule has 0 aliphatic rings. The molecule has 0 amide bonds. The molecule has 9 heavy (non-hydrogen) atoms. The molecule has 3 nitrogen and oxygen atoms in total. The molecule has 0 aliphatic carbocycles. The summed E-state index contributed by atoms with van der Waals surface area (Å²) in [4.78, 5) is 20.3. The van der Waals surface area contributed by atoms with Crippen molar-refractivity contribution in [3.8, 4) is 0 Å². The van der Waals surface area contributed by atoms with Gasteiger partial charge in [-0.05, 0) is 6.92 Å². The van der Waals surface area contributed by atoms with E-state index in [2.05, 4.69) is 12.6 Å². The summed E-state index contributed by atoms with van der Waals surface area (Å²) in [6.45, 7) is 1.32. The fraction of sp³-hybridized carbons (Fsp3) is 0.600. The Bertz CT molecular complexity index is 132. The van der Waals surface area contributed by atoms with E-state index >= 15 is 0 Å². The van der Waals surface area contributed by atoms with E-state index in [0.29, 0.717) is 0 Å². The normalized spacial score (nSPS) is 12.7. The second kappa shape index (κ2) is 3.50. The van der Waals surface area contributed by atoms with Crippen molar-refractivity contribution in [1.29, 1.82) is 0 Å². The van der Waals surface area contributed by atoms with Gasteiger partial charge in [-0.2, -0.15) is 12.6 Å². The van der Waals surface area contributed by atoms with Crippen LogP contribution in [0.2, 0.25) is 0 Å². The third-order valence-electron chi connectivity index (χ3n) is 0.837. The maximum Gasteiger partial charge on any atom is 0.304 e. The second-order valence-electron chi connectivity index (χ2n) is 1.72. The van der Waals surface area contributed by atoms with Gasteiger partial charge in [0.05, 0.1) is 11.7 Å². The summed E-state index contributed by atoms with van der Waals surface area (Å²) in [5, 5.41) is 7.48. The predicted molar refractivity (Wildman–Crippen MR) is 35.7 cm³/mol. The molecule has 0 radical (unpaired) electrons. The first kappa shape index (κ1) is 8.49. The van der Waals surface area contributed by atoms with E-state index in [-0.39, 0.29) is 12.2 Å². The van der Waals surface area contributed by atoms with Gasteiger partial charge in [0.2, 0.25) is 0 Å². The summed E-state index contributed by atoms with van der Waals surface area (Å²) >= 11 is 3.73. The molecule has 1 unspecified atom stereocenters. The van der Waals surface area contributed by atoms with Crippen LogP contribution in [0.4, 0.5) is 0 Å². The van der Waals surface area contributed by atoms with Gasteiger partial charge in [-0.25, -0.2) is 0 Å². The molecule has 1 atom stereocenters. The Labute approximate surface area is 58.5 Å². The van der Waals surface area contributed by atoms with Crippen LogP contribution in [0.5, 0.6) is 0 Å². The molecule has 0 saturated heterocycles. The van der Waals surface area contributed by atoms with Crippen molar-refractivity contribution >= 4 is 24.4 Å². The highest BCUT2D eigenvalue weighted by Gasteiger charge is 2.11. The standard InChI is InChI=1S/C5H8O3S/c1-3(6)4(9)2-5(7)8/h4,9H,2H2,1H3,(H,7,8). The molecule has 52 valence electrons. The summed E-state index contributed by atoms with van der Waals surface area (Å²) in [5.41, 5.74) is 0. The van der Waals surface area contributed by atoms with Gasteiger partial charge in [0, 0.05) is 0 Å². The Balaban J connectivity index is 3.63. The number of carboxylic acids is 1. The van der Waals surface area contributed by atoms with Crippen molar-refractivity contribution in [2.75, 3.05) is 0 Å². The number of hydrogen-bond donors (Lipinski definition) is 2. The Kier molecular flexibility index (Phi) is 3.30. The van der Waals surface area contributed by atoms with Crippen LogP contribution in [-0.4, -0.2) is 22.1 Å². The van der Waals surface area contributed by atoms with Crippen molar-refractivity contribution in [2.24, 2.45) is 0 Å². The molecule has 0 heterocycles. The van der Waals surface area contributed by atoms with Gasteiger partial charge < -0.3 is 5.11 Å².